The van der Waals surface area contributed by atoms with Gasteiger partial charge in [-0.1, -0.05) is 27.2 Å². The summed E-state index contributed by atoms with van der Waals surface area (Å²) < 4.78 is 11.4. The summed E-state index contributed by atoms with van der Waals surface area (Å²) in [6.45, 7) is 13.3. The molecule has 2 aliphatic heterocycles. The Hall–Kier alpha value is -3.02. The zero-order chi connectivity index (χ0) is 25.1. The van der Waals surface area contributed by atoms with Crippen LogP contribution < -0.4 is 0 Å². The third-order valence-electron chi connectivity index (χ3n) is 7.98. The van der Waals surface area contributed by atoms with Gasteiger partial charge in [0.25, 0.3) is 0 Å². The number of hydrogen-bond acceptors (Lipinski definition) is 6. The second-order valence-corrected chi connectivity index (χ2v) is 9.92. The number of carbonyl (C=O) groups excluding carboxylic acids is 2. The molecule has 2 aliphatic carbocycles. The second-order valence-electron chi connectivity index (χ2n) is 9.92. The quantitative estimate of drug-likeness (QED) is 0.552. The van der Waals surface area contributed by atoms with Gasteiger partial charge in [-0.25, -0.2) is 0 Å². The molecule has 6 heteroatoms. The van der Waals surface area contributed by atoms with Gasteiger partial charge >= 0.3 is 0 Å². The van der Waals surface area contributed by atoms with Crippen LogP contribution in [0.15, 0.2) is 68.6 Å². The largest absolute Gasteiger partial charge is 0.507 e. The van der Waals surface area contributed by atoms with Crippen molar-refractivity contribution in [1.29, 1.82) is 0 Å². The Kier molecular flexibility index (Phi) is 6.13. The van der Waals surface area contributed by atoms with E-state index in [1.165, 1.54) is 12.5 Å². The topological polar surface area (TPSA) is 93.1 Å². The first-order chi connectivity index (χ1) is 16.0. The fraction of sp³-hybridized carbons (Fsp3) is 0.500. The summed E-state index contributed by atoms with van der Waals surface area (Å²) in [5.74, 6) is -1.81. The van der Waals surface area contributed by atoms with Gasteiger partial charge in [-0.05, 0) is 56.4 Å². The van der Waals surface area contributed by atoms with Gasteiger partial charge in [-0.3, -0.25) is 9.59 Å². The van der Waals surface area contributed by atoms with E-state index in [-0.39, 0.29) is 58.3 Å². The summed E-state index contributed by atoms with van der Waals surface area (Å²) in [5, 5.41) is 22.6. The molecule has 6 nitrogen and oxygen atoms in total. The van der Waals surface area contributed by atoms with Crippen LogP contribution in [-0.4, -0.2) is 34.0 Å². The van der Waals surface area contributed by atoms with Gasteiger partial charge in [0.2, 0.25) is 0 Å². The van der Waals surface area contributed by atoms with E-state index >= 15 is 0 Å². The molecular formula is C28H34O6. The molecule has 34 heavy (non-hydrogen) atoms. The Morgan fingerprint density at radius 2 is 1.18 bits per heavy atom. The Morgan fingerprint density at radius 3 is 1.53 bits per heavy atom. The van der Waals surface area contributed by atoms with Crippen molar-refractivity contribution in [2.75, 3.05) is 0 Å². The molecule has 0 amide bonds. The number of fused-ring (bicyclic) bond motifs is 2. The van der Waals surface area contributed by atoms with Crippen LogP contribution in [0.2, 0.25) is 0 Å². The average molecular weight is 467 g/mol. The highest BCUT2D eigenvalue weighted by Gasteiger charge is 2.45. The Bertz CT molecular complexity index is 1070. The summed E-state index contributed by atoms with van der Waals surface area (Å²) in [5.41, 5.74) is 3.89. The molecule has 2 heterocycles. The lowest BCUT2D eigenvalue weighted by Crippen LogP contribution is -2.36. The first-order valence-electron chi connectivity index (χ1n) is 12.1. The minimum Gasteiger partial charge on any atom is -0.507 e. The van der Waals surface area contributed by atoms with Crippen molar-refractivity contribution in [2.24, 2.45) is 17.8 Å². The third-order valence-corrected chi connectivity index (χ3v) is 7.98. The van der Waals surface area contributed by atoms with Crippen molar-refractivity contribution in [1.82, 2.24) is 0 Å². The molecule has 0 aromatic rings. The van der Waals surface area contributed by atoms with Gasteiger partial charge in [-0.15, -0.1) is 0 Å². The van der Waals surface area contributed by atoms with Crippen molar-refractivity contribution in [3.63, 3.8) is 0 Å². The summed E-state index contributed by atoms with van der Waals surface area (Å²) in [4.78, 5) is 27.5. The number of aliphatic hydroxyl groups excluding tert-OH is 2. The van der Waals surface area contributed by atoms with Crippen LogP contribution in [0.5, 0.6) is 0 Å². The van der Waals surface area contributed by atoms with Gasteiger partial charge in [0.1, 0.15) is 23.7 Å². The third kappa shape index (κ3) is 3.38. The highest BCUT2D eigenvalue weighted by molar-refractivity contribution is 6.18. The number of aliphatic hydroxyl groups is 2. The van der Waals surface area contributed by atoms with Crippen LogP contribution in [0, 0.1) is 17.8 Å². The Balaban J connectivity index is 1.93. The molecule has 0 spiro atoms. The molecule has 0 aromatic carbocycles. The predicted octanol–water partition coefficient (Wildman–Crippen LogP) is 5.70. The maximum absolute atomic E-state index is 13.7. The molecule has 4 aliphatic rings. The highest BCUT2D eigenvalue weighted by Crippen LogP contribution is 2.47. The molecule has 0 fully saturated rings. The molecule has 4 rings (SSSR count). The van der Waals surface area contributed by atoms with Crippen molar-refractivity contribution in [2.45, 2.75) is 73.5 Å². The summed E-state index contributed by atoms with van der Waals surface area (Å²) in [6, 6.07) is 0. The van der Waals surface area contributed by atoms with E-state index in [0.29, 0.717) is 35.1 Å². The van der Waals surface area contributed by atoms with Crippen LogP contribution >= 0.6 is 0 Å². The first kappa shape index (κ1) is 24.1. The molecule has 0 bridgehead atoms. The van der Waals surface area contributed by atoms with Crippen molar-refractivity contribution >= 4 is 11.6 Å². The minimum atomic E-state index is -0.760. The molecule has 2 N–H and O–H groups in total. The van der Waals surface area contributed by atoms with E-state index in [1.54, 1.807) is 13.8 Å². The molecular weight excluding hydrogens is 432 g/mol. The number of Topliss-reactive ketones (excluding diaryl/α,β-unsaturated/α-hetero) is 2. The van der Waals surface area contributed by atoms with E-state index in [4.69, 9.17) is 9.47 Å². The van der Waals surface area contributed by atoms with Gasteiger partial charge in [-0.2, -0.15) is 0 Å². The molecule has 4 unspecified atom stereocenters. The monoisotopic (exact) mass is 466 g/mol. The van der Waals surface area contributed by atoms with E-state index < -0.39 is 5.92 Å². The summed E-state index contributed by atoms with van der Waals surface area (Å²) in [7, 11) is 0. The Morgan fingerprint density at radius 1 is 0.794 bits per heavy atom. The van der Waals surface area contributed by atoms with Gasteiger partial charge in [0.15, 0.2) is 11.6 Å². The minimum absolute atomic E-state index is 0.0676. The smallest absolute Gasteiger partial charge is 0.196 e. The molecule has 0 saturated carbocycles. The van der Waals surface area contributed by atoms with Crippen LogP contribution in [0.3, 0.4) is 0 Å². The SMILES string of the molecule is CCCC(C1=C(O)C(C)=C2C(=COC(C)C2C)C1=O)C1=C(O)C(C)=C2C(=COC(C)C2C)C1=O. The van der Waals surface area contributed by atoms with E-state index in [2.05, 4.69) is 0 Å². The number of ketones is 2. The molecule has 4 atom stereocenters. The number of allylic oxidation sites excluding steroid dienone is 6. The second kappa shape index (κ2) is 8.64. The first-order valence-corrected chi connectivity index (χ1v) is 12.1. The van der Waals surface area contributed by atoms with E-state index in [9.17, 15) is 19.8 Å². The molecule has 0 saturated heterocycles. The maximum atomic E-state index is 13.7. The fourth-order valence-corrected chi connectivity index (χ4v) is 5.64. The lowest BCUT2D eigenvalue weighted by atomic mass is 9.69. The molecule has 0 radical (unpaired) electrons. The van der Waals surface area contributed by atoms with Crippen molar-refractivity contribution in [3.05, 3.63) is 68.6 Å². The normalized spacial score (nSPS) is 30.4. The molecule has 0 aromatic heterocycles. The number of hydrogen-bond donors (Lipinski definition) is 2. The van der Waals surface area contributed by atoms with Crippen molar-refractivity contribution < 1.29 is 29.3 Å². The predicted molar refractivity (Wildman–Crippen MR) is 129 cm³/mol. The van der Waals surface area contributed by atoms with Gasteiger partial charge < -0.3 is 19.7 Å². The van der Waals surface area contributed by atoms with Gasteiger partial charge in [0, 0.05) is 17.8 Å². The summed E-state index contributed by atoms with van der Waals surface area (Å²) >= 11 is 0. The van der Waals surface area contributed by atoms with Crippen LogP contribution in [0.25, 0.3) is 0 Å². The maximum Gasteiger partial charge on any atom is 0.196 e. The number of carbonyl (C=O) groups is 2. The Labute approximate surface area is 201 Å². The van der Waals surface area contributed by atoms with Crippen LogP contribution in [0.1, 0.15) is 61.3 Å². The lowest BCUT2D eigenvalue weighted by Gasteiger charge is -2.37. The van der Waals surface area contributed by atoms with Gasteiger partial charge in [0.05, 0.1) is 34.8 Å². The lowest BCUT2D eigenvalue weighted by molar-refractivity contribution is -0.113. The molecule has 182 valence electrons. The van der Waals surface area contributed by atoms with Crippen molar-refractivity contribution in [3.8, 4) is 0 Å². The van der Waals surface area contributed by atoms with Crippen LogP contribution in [0.4, 0.5) is 0 Å². The summed E-state index contributed by atoms with van der Waals surface area (Å²) in [6.07, 6.45) is 3.77. The fourth-order valence-electron chi connectivity index (χ4n) is 5.64. The van der Waals surface area contributed by atoms with E-state index in [0.717, 1.165) is 11.1 Å². The number of rotatable bonds is 4. The highest BCUT2D eigenvalue weighted by atomic mass is 16.5. The zero-order valence-electron chi connectivity index (χ0n) is 21.0. The average Bonchev–Trinajstić information content (AvgIpc) is 2.79. The number of ether oxygens (including phenoxy) is 2. The van der Waals surface area contributed by atoms with E-state index in [1.807, 2.05) is 34.6 Å². The zero-order valence-corrected chi connectivity index (χ0v) is 21.0. The standard InChI is InChI=1S/C28H34O6/c1-8-9-18(23-25(29)14(4)21-12(2)16(6)33-10-19(21)27(23)31)24-26(30)15(5)22-13(3)17(7)34-11-20(22)28(24)32/h10-13,16-18,29-30H,8-9H2,1-7H3. The van der Waals surface area contributed by atoms with Crippen LogP contribution in [-0.2, 0) is 19.1 Å².